The molecule has 0 amide bonds. The Kier molecular flexibility index (Phi) is 11.1. The van der Waals surface area contributed by atoms with E-state index in [0.717, 1.165) is 0 Å². The summed E-state index contributed by atoms with van der Waals surface area (Å²) in [6.07, 6.45) is 1.36. The third-order valence-electron chi connectivity index (χ3n) is 7.77. The van der Waals surface area contributed by atoms with E-state index in [1.807, 2.05) is 21.0 Å². The molecular formula is C27H50N6O6Si2. The third-order valence-corrected chi connectivity index (χ3v) is 18.1. The average Bonchev–Trinajstić information content (AvgIpc) is 3.30. The lowest BCUT2D eigenvalue weighted by Gasteiger charge is -2.51. The van der Waals surface area contributed by atoms with Crippen LogP contribution < -0.4 is 5.73 Å². The number of carbonyl (C=O) groups is 1. The van der Waals surface area contributed by atoms with Crippen LogP contribution in [0.1, 0.15) is 68.5 Å². The standard InChI is InChI=1S/C27H50N6O6Si2/c1-17(2)40(18(3)4)36-13-22(21(9)38-41(39-40,19(5)6)20(7)8)37-23(14-35-24(34)12-32(10)11)33-16-31-25-26(28)29-15-30-27(25)33/h15-23H,12-14H2,1-11H3,(H2,28,29,30)/t21-,22-,23-/m1/s1. The first-order valence-electron chi connectivity index (χ1n) is 14.5. The van der Waals surface area contributed by atoms with E-state index in [9.17, 15) is 4.79 Å². The largest absolute Gasteiger partial charge is 0.460 e. The van der Waals surface area contributed by atoms with Crippen LogP contribution in [0.2, 0.25) is 22.2 Å². The molecule has 3 atom stereocenters. The van der Waals surface area contributed by atoms with E-state index in [2.05, 4.69) is 70.3 Å². The summed E-state index contributed by atoms with van der Waals surface area (Å²) >= 11 is 0. The molecular weight excluding hydrogens is 561 g/mol. The summed E-state index contributed by atoms with van der Waals surface area (Å²) in [5.41, 5.74) is 7.77. The molecule has 12 nitrogen and oxygen atoms in total. The Morgan fingerprint density at radius 3 is 2.22 bits per heavy atom. The summed E-state index contributed by atoms with van der Waals surface area (Å²) in [4.78, 5) is 27.1. The molecule has 1 saturated heterocycles. The second kappa shape index (κ2) is 13.6. The predicted octanol–water partition coefficient (Wildman–Crippen LogP) is 4.37. The minimum atomic E-state index is -2.80. The molecule has 2 aromatic rings. The molecule has 1 aliphatic rings. The van der Waals surface area contributed by atoms with Gasteiger partial charge in [0, 0.05) is 0 Å². The van der Waals surface area contributed by atoms with Crippen molar-refractivity contribution in [3.8, 4) is 0 Å². The fourth-order valence-corrected chi connectivity index (χ4v) is 16.7. The van der Waals surface area contributed by atoms with Crippen molar-refractivity contribution in [1.29, 1.82) is 0 Å². The van der Waals surface area contributed by atoms with Gasteiger partial charge < -0.3 is 28.2 Å². The van der Waals surface area contributed by atoms with Crippen molar-refractivity contribution in [1.82, 2.24) is 24.4 Å². The van der Waals surface area contributed by atoms with Gasteiger partial charge in [-0.15, -0.1) is 0 Å². The Labute approximate surface area is 246 Å². The number of carbonyl (C=O) groups excluding carboxylic acids is 1. The molecule has 2 N–H and O–H groups in total. The molecule has 3 heterocycles. The highest BCUT2D eigenvalue weighted by Crippen LogP contribution is 2.46. The number of nitrogens with zero attached hydrogens (tertiary/aromatic N) is 5. The number of imidazole rings is 1. The van der Waals surface area contributed by atoms with Gasteiger partial charge in [0.25, 0.3) is 0 Å². The maximum atomic E-state index is 12.5. The monoisotopic (exact) mass is 610 g/mol. The zero-order chi connectivity index (χ0) is 30.7. The fraction of sp³-hybridized carbons (Fsp3) is 0.778. The Morgan fingerprint density at radius 1 is 1.05 bits per heavy atom. The van der Waals surface area contributed by atoms with Crippen molar-refractivity contribution in [2.24, 2.45) is 0 Å². The zero-order valence-electron chi connectivity index (χ0n) is 26.6. The minimum absolute atomic E-state index is 0.0599. The Morgan fingerprint density at radius 2 is 1.66 bits per heavy atom. The van der Waals surface area contributed by atoms with Crippen molar-refractivity contribution in [2.45, 2.75) is 103 Å². The van der Waals surface area contributed by atoms with Crippen molar-refractivity contribution in [3.63, 3.8) is 0 Å². The summed E-state index contributed by atoms with van der Waals surface area (Å²) in [5, 5.41) is 0. The SMILES string of the molecule is CC(C)[Si]1(C(C)C)OC[C@@H](O[C@H](COC(=O)CN(C)C)n2cnc3c(N)ncnc32)[C@@H](C)O[Si](C(C)C)(C(C)C)O1. The smallest absolute Gasteiger partial charge is 0.335 e. The van der Waals surface area contributed by atoms with Gasteiger partial charge in [0.15, 0.2) is 17.7 Å². The highest BCUT2D eigenvalue weighted by atomic mass is 28.5. The quantitative estimate of drug-likeness (QED) is 0.287. The number of aromatic nitrogens is 4. The summed E-state index contributed by atoms with van der Waals surface area (Å²) in [5.74, 6) is -0.111. The van der Waals surface area contributed by atoms with Crippen LogP contribution in [0, 0.1) is 0 Å². The van der Waals surface area contributed by atoms with Gasteiger partial charge in [-0.3, -0.25) is 14.3 Å². The molecule has 0 unspecified atom stereocenters. The number of rotatable bonds is 11. The van der Waals surface area contributed by atoms with E-state index >= 15 is 0 Å². The Bertz CT molecular complexity index is 1140. The van der Waals surface area contributed by atoms with Gasteiger partial charge in [-0.2, -0.15) is 0 Å². The van der Waals surface area contributed by atoms with E-state index in [4.69, 9.17) is 28.2 Å². The molecule has 0 aliphatic carbocycles. The highest BCUT2D eigenvalue weighted by Gasteiger charge is 2.58. The van der Waals surface area contributed by atoms with E-state index in [0.29, 0.717) is 11.2 Å². The summed E-state index contributed by atoms with van der Waals surface area (Å²) < 4.78 is 35.3. The normalized spacial score (nSPS) is 22.0. The number of hydrogen-bond donors (Lipinski definition) is 1. The van der Waals surface area contributed by atoms with Gasteiger partial charge in [-0.05, 0) is 43.2 Å². The first-order chi connectivity index (χ1) is 19.1. The molecule has 1 aliphatic heterocycles. The molecule has 14 heteroatoms. The van der Waals surface area contributed by atoms with Gasteiger partial charge in [0.2, 0.25) is 0 Å². The van der Waals surface area contributed by atoms with E-state index < -0.39 is 29.5 Å². The summed E-state index contributed by atoms with van der Waals surface area (Å²) in [6.45, 7) is 19.8. The number of esters is 1. The predicted molar refractivity (Wildman–Crippen MR) is 163 cm³/mol. The number of nitrogen functional groups attached to an aromatic ring is 1. The minimum Gasteiger partial charge on any atom is -0.460 e. The lowest BCUT2D eigenvalue weighted by molar-refractivity contribution is -0.164. The second-order valence-corrected chi connectivity index (χ2v) is 21.3. The molecule has 41 heavy (non-hydrogen) atoms. The molecule has 1 fully saturated rings. The number of hydrogen-bond acceptors (Lipinski definition) is 11. The molecule has 232 valence electrons. The summed E-state index contributed by atoms with van der Waals surface area (Å²) in [7, 11) is -1.95. The van der Waals surface area contributed by atoms with Crippen LogP contribution in [0.3, 0.4) is 0 Å². The van der Waals surface area contributed by atoms with Gasteiger partial charge >= 0.3 is 23.1 Å². The van der Waals surface area contributed by atoms with E-state index in [1.165, 1.54) is 6.33 Å². The van der Waals surface area contributed by atoms with Crippen LogP contribution in [-0.2, 0) is 27.2 Å². The van der Waals surface area contributed by atoms with Crippen molar-refractivity contribution < 1.29 is 27.2 Å². The van der Waals surface area contributed by atoms with Crippen LogP contribution >= 0.6 is 0 Å². The van der Waals surface area contributed by atoms with Crippen LogP contribution in [0.25, 0.3) is 11.2 Å². The third kappa shape index (κ3) is 7.17. The molecule has 2 aromatic heterocycles. The molecule has 0 spiro atoms. The number of likely N-dealkylation sites (N-methyl/N-ethyl adjacent to an activating group) is 1. The van der Waals surface area contributed by atoms with Gasteiger partial charge in [0.1, 0.15) is 24.6 Å². The summed E-state index contributed by atoms with van der Waals surface area (Å²) in [6, 6.07) is 0. The number of fused-ring (bicyclic) bond motifs is 1. The second-order valence-electron chi connectivity index (χ2n) is 12.4. The van der Waals surface area contributed by atoms with E-state index in [1.54, 1.807) is 15.8 Å². The van der Waals surface area contributed by atoms with Gasteiger partial charge in [-0.25, -0.2) is 15.0 Å². The first-order valence-corrected chi connectivity index (χ1v) is 18.5. The van der Waals surface area contributed by atoms with Crippen LogP contribution in [-0.4, -0.2) is 93.6 Å². The molecule has 3 rings (SSSR count). The highest BCUT2D eigenvalue weighted by molar-refractivity contribution is 6.83. The number of anilines is 1. The van der Waals surface area contributed by atoms with Gasteiger partial charge in [0.05, 0.1) is 25.6 Å². The number of ether oxygens (including phenoxy) is 2. The molecule has 0 bridgehead atoms. The zero-order valence-corrected chi connectivity index (χ0v) is 28.6. The average molecular weight is 611 g/mol. The van der Waals surface area contributed by atoms with Crippen LogP contribution in [0.4, 0.5) is 5.82 Å². The molecule has 0 radical (unpaired) electrons. The lowest BCUT2D eigenvalue weighted by atomic mass is 10.2. The Balaban J connectivity index is 2.04. The first kappa shape index (κ1) is 33.6. The van der Waals surface area contributed by atoms with Crippen molar-refractivity contribution in [3.05, 3.63) is 12.7 Å². The fourth-order valence-electron chi connectivity index (χ4n) is 5.51. The van der Waals surface area contributed by atoms with Crippen LogP contribution in [0.15, 0.2) is 12.7 Å². The van der Waals surface area contributed by atoms with Crippen molar-refractivity contribution in [2.75, 3.05) is 39.6 Å². The molecule has 0 aromatic carbocycles. The number of nitrogens with two attached hydrogens (primary N) is 1. The topological polar surface area (TPSA) is 136 Å². The Hall–Kier alpha value is -1.95. The maximum Gasteiger partial charge on any atom is 0.335 e. The lowest BCUT2D eigenvalue weighted by Crippen LogP contribution is -2.65. The van der Waals surface area contributed by atoms with Crippen LogP contribution in [0.5, 0.6) is 0 Å². The van der Waals surface area contributed by atoms with Crippen molar-refractivity contribution >= 4 is 40.1 Å². The van der Waals surface area contributed by atoms with Gasteiger partial charge in [-0.1, -0.05) is 55.4 Å². The maximum absolute atomic E-state index is 12.5. The van der Waals surface area contributed by atoms with E-state index in [-0.39, 0.29) is 59.8 Å². The molecule has 0 saturated carbocycles.